The van der Waals surface area contributed by atoms with Crippen LogP contribution in [0.25, 0.3) is 0 Å². The molecule has 2 amide bonds. The van der Waals surface area contributed by atoms with Crippen molar-refractivity contribution in [1.29, 1.82) is 0 Å². The number of nitrogens with one attached hydrogen (secondary N) is 1. The minimum atomic E-state index is -0.239. The van der Waals surface area contributed by atoms with E-state index in [9.17, 15) is 9.59 Å². The molecule has 0 atom stereocenters. The Balaban J connectivity index is 1.74. The van der Waals surface area contributed by atoms with E-state index in [0.717, 1.165) is 17.7 Å². The summed E-state index contributed by atoms with van der Waals surface area (Å²) in [5, 5.41) is 2.84. The van der Waals surface area contributed by atoms with Crippen molar-refractivity contribution in [3.05, 3.63) is 66.1 Å². The van der Waals surface area contributed by atoms with E-state index in [1.165, 1.54) is 0 Å². The number of benzene rings is 1. The average Bonchev–Trinajstić information content (AvgIpc) is 2.64. The van der Waals surface area contributed by atoms with Gasteiger partial charge in [0.2, 0.25) is 5.91 Å². The van der Waals surface area contributed by atoms with E-state index in [4.69, 9.17) is 4.74 Å². The molecule has 2 aromatic rings. The summed E-state index contributed by atoms with van der Waals surface area (Å²) in [5.74, 6) is -0.184. The lowest BCUT2D eigenvalue weighted by atomic mass is 10.1. The van der Waals surface area contributed by atoms with Gasteiger partial charge in [-0.05, 0) is 36.8 Å². The summed E-state index contributed by atoms with van der Waals surface area (Å²) in [6, 6.07) is 8.74. The van der Waals surface area contributed by atoms with E-state index < -0.39 is 0 Å². The van der Waals surface area contributed by atoms with E-state index in [-0.39, 0.29) is 11.8 Å². The van der Waals surface area contributed by atoms with Gasteiger partial charge < -0.3 is 10.1 Å². The van der Waals surface area contributed by atoms with Crippen molar-refractivity contribution in [2.45, 2.75) is 19.4 Å². The van der Waals surface area contributed by atoms with Gasteiger partial charge in [0.1, 0.15) is 0 Å². The first-order chi connectivity index (χ1) is 12.2. The summed E-state index contributed by atoms with van der Waals surface area (Å²) >= 11 is 0. The Morgan fingerprint density at radius 2 is 2.08 bits per heavy atom. The number of allylic oxidation sites excluding steroid dienone is 1. The van der Waals surface area contributed by atoms with Gasteiger partial charge in [-0.15, -0.1) is 0 Å². The summed E-state index contributed by atoms with van der Waals surface area (Å²) in [6.07, 6.45) is 8.25. The molecule has 0 spiro atoms. The van der Waals surface area contributed by atoms with Crippen molar-refractivity contribution >= 4 is 23.2 Å². The number of aromatic nitrogens is 1. The smallest absolute Gasteiger partial charge is 0.255 e. The van der Waals surface area contributed by atoms with Gasteiger partial charge in [0.25, 0.3) is 5.91 Å². The van der Waals surface area contributed by atoms with Crippen LogP contribution in [0.4, 0.5) is 11.4 Å². The van der Waals surface area contributed by atoms with Gasteiger partial charge in [0.05, 0.1) is 18.5 Å². The van der Waals surface area contributed by atoms with Crippen molar-refractivity contribution in [1.82, 2.24) is 4.98 Å². The molecule has 0 saturated carbocycles. The predicted octanol–water partition coefficient (Wildman–Crippen LogP) is 3.12. The van der Waals surface area contributed by atoms with Crippen LogP contribution in [0.5, 0.6) is 0 Å². The number of pyridine rings is 1. The maximum atomic E-state index is 12.4. The Hall–Kier alpha value is -2.99. The van der Waals surface area contributed by atoms with Crippen LogP contribution in [0.1, 0.15) is 28.8 Å². The zero-order chi connectivity index (χ0) is 17.6. The fourth-order valence-electron chi connectivity index (χ4n) is 2.61. The number of nitrogens with zero attached hydrogens (tertiary/aromatic N) is 2. The molecular weight excluding hydrogens is 318 g/mol. The zero-order valence-corrected chi connectivity index (χ0v) is 13.9. The first kappa shape index (κ1) is 16.9. The molecule has 1 aliphatic rings. The summed E-state index contributed by atoms with van der Waals surface area (Å²) in [5.41, 5.74) is 2.72. The van der Waals surface area contributed by atoms with Crippen LogP contribution in [0.15, 0.2) is 55.0 Å². The molecule has 25 heavy (non-hydrogen) atoms. The first-order valence-electron chi connectivity index (χ1n) is 8.01. The number of anilines is 2. The Morgan fingerprint density at radius 1 is 1.28 bits per heavy atom. The summed E-state index contributed by atoms with van der Waals surface area (Å²) in [4.78, 5) is 30.0. The second-order valence-electron chi connectivity index (χ2n) is 5.65. The number of ether oxygens (including phenoxy) is 1. The van der Waals surface area contributed by atoms with Crippen LogP contribution >= 0.6 is 0 Å². The van der Waals surface area contributed by atoms with E-state index in [1.54, 1.807) is 60.9 Å². The van der Waals surface area contributed by atoms with Crippen LogP contribution in [-0.2, 0) is 16.1 Å². The Kier molecular flexibility index (Phi) is 5.20. The topological polar surface area (TPSA) is 71.5 Å². The minimum absolute atomic E-state index is 0.0549. The van der Waals surface area contributed by atoms with Crippen LogP contribution in [0.2, 0.25) is 0 Å². The highest BCUT2D eigenvalue weighted by Gasteiger charge is 2.16. The standard InChI is InChI=1S/C19H19N3O3/c1-25-13-15-9-10-20-12-17(15)21-19(24)14-5-7-16(8-6-14)22-11-3-2-4-18(22)23/h3,5-12H,2,4,13H2,1H3,(H,21,24). The van der Waals surface area contributed by atoms with E-state index in [2.05, 4.69) is 10.3 Å². The maximum Gasteiger partial charge on any atom is 0.255 e. The molecule has 0 aliphatic carbocycles. The van der Waals surface area contributed by atoms with Gasteiger partial charge in [-0.25, -0.2) is 0 Å². The van der Waals surface area contributed by atoms with Crippen LogP contribution in [0.3, 0.4) is 0 Å². The molecule has 6 heteroatoms. The van der Waals surface area contributed by atoms with Gasteiger partial charge in [-0.2, -0.15) is 0 Å². The Labute approximate surface area is 146 Å². The van der Waals surface area contributed by atoms with Gasteiger partial charge >= 0.3 is 0 Å². The number of carbonyl (C=O) groups is 2. The van der Waals surface area contributed by atoms with Crippen LogP contribution < -0.4 is 10.2 Å². The van der Waals surface area contributed by atoms with Gasteiger partial charge in [0.15, 0.2) is 0 Å². The number of hydrogen-bond acceptors (Lipinski definition) is 4. The first-order valence-corrected chi connectivity index (χ1v) is 8.01. The molecule has 0 fully saturated rings. The van der Waals surface area contributed by atoms with Crippen molar-refractivity contribution < 1.29 is 14.3 Å². The third-order valence-electron chi connectivity index (χ3n) is 3.92. The molecule has 1 aliphatic heterocycles. The van der Waals surface area contributed by atoms with Crippen molar-refractivity contribution in [2.24, 2.45) is 0 Å². The zero-order valence-electron chi connectivity index (χ0n) is 13.9. The van der Waals surface area contributed by atoms with Gasteiger partial charge in [-0.3, -0.25) is 19.5 Å². The lowest BCUT2D eigenvalue weighted by Gasteiger charge is -2.21. The molecular formula is C19H19N3O3. The fourth-order valence-corrected chi connectivity index (χ4v) is 2.61. The monoisotopic (exact) mass is 337 g/mol. The van der Waals surface area contributed by atoms with E-state index in [0.29, 0.717) is 24.3 Å². The van der Waals surface area contributed by atoms with Crippen molar-refractivity contribution in [3.63, 3.8) is 0 Å². The molecule has 0 radical (unpaired) electrons. The normalized spacial score (nSPS) is 13.8. The Morgan fingerprint density at radius 3 is 2.80 bits per heavy atom. The minimum Gasteiger partial charge on any atom is -0.380 e. The van der Waals surface area contributed by atoms with Crippen molar-refractivity contribution in [3.8, 4) is 0 Å². The fraction of sp³-hybridized carbons (Fsp3) is 0.211. The highest BCUT2D eigenvalue weighted by molar-refractivity contribution is 6.05. The number of hydrogen-bond donors (Lipinski definition) is 1. The Bertz CT molecular complexity index is 800. The molecule has 3 rings (SSSR count). The second-order valence-corrected chi connectivity index (χ2v) is 5.65. The molecule has 1 aromatic carbocycles. The highest BCUT2D eigenvalue weighted by Crippen LogP contribution is 2.21. The van der Waals surface area contributed by atoms with E-state index in [1.807, 2.05) is 6.08 Å². The lowest BCUT2D eigenvalue weighted by Crippen LogP contribution is -2.27. The molecule has 1 N–H and O–H groups in total. The lowest BCUT2D eigenvalue weighted by molar-refractivity contribution is -0.118. The molecule has 2 heterocycles. The van der Waals surface area contributed by atoms with E-state index >= 15 is 0 Å². The predicted molar refractivity (Wildman–Crippen MR) is 95.2 cm³/mol. The summed E-state index contributed by atoms with van der Waals surface area (Å²) in [7, 11) is 1.60. The molecule has 0 saturated heterocycles. The summed E-state index contributed by atoms with van der Waals surface area (Å²) in [6.45, 7) is 0.389. The quantitative estimate of drug-likeness (QED) is 0.910. The maximum absolute atomic E-state index is 12.4. The van der Waals surface area contributed by atoms with Crippen LogP contribution in [-0.4, -0.2) is 23.9 Å². The third kappa shape index (κ3) is 3.92. The molecule has 128 valence electrons. The van der Waals surface area contributed by atoms with Crippen molar-refractivity contribution in [2.75, 3.05) is 17.3 Å². The second kappa shape index (κ2) is 7.72. The molecule has 0 bridgehead atoms. The molecule has 1 aromatic heterocycles. The third-order valence-corrected chi connectivity index (χ3v) is 3.92. The van der Waals surface area contributed by atoms with Crippen LogP contribution in [0, 0.1) is 0 Å². The largest absolute Gasteiger partial charge is 0.380 e. The SMILES string of the molecule is COCc1ccncc1NC(=O)c1ccc(N2C=CCCC2=O)cc1. The average molecular weight is 337 g/mol. The summed E-state index contributed by atoms with van der Waals surface area (Å²) < 4.78 is 5.13. The number of amides is 2. The van der Waals surface area contributed by atoms with Gasteiger partial charge in [0, 0.05) is 42.7 Å². The van der Waals surface area contributed by atoms with Gasteiger partial charge in [-0.1, -0.05) is 6.08 Å². The highest BCUT2D eigenvalue weighted by atomic mass is 16.5. The molecule has 6 nitrogen and oxygen atoms in total. The number of rotatable bonds is 5. The number of methoxy groups -OCH3 is 1. The number of carbonyl (C=O) groups excluding carboxylic acids is 2. The molecule has 0 unspecified atom stereocenters.